The fraction of sp³-hybridized carbons (Fsp3) is 0.368. The number of hydrogen-bond donors (Lipinski definition) is 2. The number of benzene rings is 1. The average molecular weight is 328 g/mol. The van der Waals surface area contributed by atoms with Crippen LogP contribution in [0.1, 0.15) is 48.4 Å². The number of aromatic nitrogens is 1. The molecule has 1 atom stereocenters. The number of amides is 1. The number of esters is 1. The van der Waals surface area contributed by atoms with Gasteiger partial charge in [-0.05, 0) is 42.5 Å². The highest BCUT2D eigenvalue weighted by atomic mass is 16.5. The molecule has 0 aliphatic heterocycles. The molecule has 2 aromatic rings. The van der Waals surface area contributed by atoms with E-state index in [0.717, 1.165) is 12.0 Å². The van der Waals surface area contributed by atoms with Gasteiger partial charge < -0.3 is 15.0 Å². The average Bonchev–Trinajstić information content (AvgIpc) is 3.07. The summed E-state index contributed by atoms with van der Waals surface area (Å²) in [6, 6.07) is 11.4. The molecule has 1 aromatic carbocycles. The monoisotopic (exact) mass is 328 g/mol. The van der Waals surface area contributed by atoms with E-state index in [1.165, 1.54) is 5.56 Å². The van der Waals surface area contributed by atoms with Crippen molar-refractivity contribution in [1.29, 1.82) is 0 Å². The Morgan fingerprint density at radius 2 is 1.83 bits per heavy atom. The topological polar surface area (TPSA) is 71.2 Å². The molecule has 0 unspecified atom stereocenters. The number of nitrogens with one attached hydrogen (secondary N) is 2. The molecule has 0 aliphatic carbocycles. The van der Waals surface area contributed by atoms with Gasteiger partial charge in [-0.3, -0.25) is 4.79 Å². The van der Waals surface area contributed by atoms with Crippen LogP contribution in [0.2, 0.25) is 0 Å². The minimum Gasteiger partial charge on any atom is -0.451 e. The van der Waals surface area contributed by atoms with Crippen molar-refractivity contribution in [2.45, 2.75) is 33.2 Å². The summed E-state index contributed by atoms with van der Waals surface area (Å²) in [4.78, 5) is 26.3. The molecule has 24 heavy (non-hydrogen) atoms. The number of rotatable bonds is 7. The van der Waals surface area contributed by atoms with E-state index in [1.54, 1.807) is 18.3 Å². The summed E-state index contributed by atoms with van der Waals surface area (Å²) < 4.78 is 4.97. The van der Waals surface area contributed by atoms with Crippen molar-refractivity contribution in [2.24, 2.45) is 5.92 Å². The predicted molar refractivity (Wildman–Crippen MR) is 92.6 cm³/mol. The number of carbonyl (C=O) groups is 2. The molecule has 1 heterocycles. The Hall–Kier alpha value is -2.56. The molecule has 0 saturated carbocycles. The summed E-state index contributed by atoms with van der Waals surface area (Å²) in [5, 5.41) is 2.83. The van der Waals surface area contributed by atoms with Gasteiger partial charge in [0.05, 0.1) is 6.04 Å². The maximum Gasteiger partial charge on any atom is 0.355 e. The van der Waals surface area contributed by atoms with Gasteiger partial charge in [0.1, 0.15) is 5.69 Å². The third kappa shape index (κ3) is 5.26. The number of ether oxygens (including phenoxy) is 1. The lowest BCUT2D eigenvalue weighted by atomic mass is 10.00. The van der Waals surface area contributed by atoms with Gasteiger partial charge >= 0.3 is 5.97 Å². The van der Waals surface area contributed by atoms with Crippen molar-refractivity contribution in [2.75, 3.05) is 6.61 Å². The van der Waals surface area contributed by atoms with E-state index in [9.17, 15) is 9.59 Å². The van der Waals surface area contributed by atoms with E-state index < -0.39 is 5.97 Å². The van der Waals surface area contributed by atoms with Crippen molar-refractivity contribution in [3.8, 4) is 0 Å². The highest BCUT2D eigenvalue weighted by Crippen LogP contribution is 2.15. The second kappa shape index (κ2) is 8.34. The first-order chi connectivity index (χ1) is 11.5. The summed E-state index contributed by atoms with van der Waals surface area (Å²) >= 11 is 0. The van der Waals surface area contributed by atoms with Crippen LogP contribution in [0.15, 0.2) is 42.6 Å². The van der Waals surface area contributed by atoms with Gasteiger partial charge in [-0.2, -0.15) is 0 Å². The zero-order valence-electron chi connectivity index (χ0n) is 14.3. The number of H-pyrrole nitrogens is 1. The Balaban J connectivity index is 1.81. The molecule has 0 bridgehead atoms. The van der Waals surface area contributed by atoms with Crippen LogP contribution < -0.4 is 5.32 Å². The van der Waals surface area contributed by atoms with Crippen LogP contribution in [0.3, 0.4) is 0 Å². The van der Waals surface area contributed by atoms with E-state index in [4.69, 9.17) is 4.74 Å². The van der Waals surface area contributed by atoms with Gasteiger partial charge in [-0.25, -0.2) is 4.79 Å². The lowest BCUT2D eigenvalue weighted by Crippen LogP contribution is -2.31. The summed E-state index contributed by atoms with van der Waals surface area (Å²) in [6.07, 6.45) is 2.66. The summed E-state index contributed by atoms with van der Waals surface area (Å²) in [7, 11) is 0. The predicted octanol–water partition coefficient (Wildman–Crippen LogP) is 3.25. The quantitative estimate of drug-likeness (QED) is 0.767. The van der Waals surface area contributed by atoms with Crippen LogP contribution in [0.5, 0.6) is 0 Å². The number of aromatic amines is 1. The molecule has 2 rings (SSSR count). The van der Waals surface area contributed by atoms with Crippen molar-refractivity contribution in [3.63, 3.8) is 0 Å². The molecule has 2 N–H and O–H groups in total. The smallest absolute Gasteiger partial charge is 0.355 e. The maximum absolute atomic E-state index is 11.9. The lowest BCUT2D eigenvalue weighted by molar-refractivity contribution is -0.124. The van der Waals surface area contributed by atoms with Crippen LogP contribution in [0, 0.1) is 5.92 Å². The van der Waals surface area contributed by atoms with Crippen molar-refractivity contribution in [1.82, 2.24) is 10.3 Å². The lowest BCUT2D eigenvalue weighted by Gasteiger charge is -2.15. The molecule has 0 aliphatic rings. The highest BCUT2D eigenvalue weighted by Gasteiger charge is 2.13. The van der Waals surface area contributed by atoms with E-state index in [2.05, 4.69) is 36.3 Å². The standard InChI is InChI=1S/C19H24N2O3/c1-13(2)11-15-6-8-16(9-7-15)14(3)21-18(22)12-24-19(23)17-5-4-10-20-17/h4-10,13-14,20H,11-12H2,1-3H3,(H,21,22)/t14-/m0/s1. The van der Waals surface area contributed by atoms with Gasteiger partial charge in [-0.1, -0.05) is 38.1 Å². The van der Waals surface area contributed by atoms with E-state index in [0.29, 0.717) is 11.6 Å². The van der Waals surface area contributed by atoms with E-state index >= 15 is 0 Å². The zero-order chi connectivity index (χ0) is 17.5. The number of hydrogen-bond acceptors (Lipinski definition) is 3. The SMILES string of the molecule is CC(C)Cc1ccc([C@H](C)NC(=O)COC(=O)c2ccc[nH]2)cc1. The summed E-state index contributed by atoms with van der Waals surface area (Å²) in [5.41, 5.74) is 2.63. The molecule has 5 heteroatoms. The largest absolute Gasteiger partial charge is 0.451 e. The summed E-state index contributed by atoms with van der Waals surface area (Å²) in [6.45, 7) is 5.98. The van der Waals surface area contributed by atoms with Crippen LogP contribution >= 0.6 is 0 Å². The first-order valence-electron chi connectivity index (χ1n) is 8.14. The zero-order valence-corrected chi connectivity index (χ0v) is 14.3. The molecule has 128 valence electrons. The molecule has 5 nitrogen and oxygen atoms in total. The molecule has 0 saturated heterocycles. The Morgan fingerprint density at radius 3 is 2.42 bits per heavy atom. The molecule has 0 fully saturated rings. The molecular weight excluding hydrogens is 304 g/mol. The molecule has 1 aromatic heterocycles. The Morgan fingerprint density at radius 1 is 1.12 bits per heavy atom. The summed E-state index contributed by atoms with van der Waals surface area (Å²) in [5.74, 6) is -0.253. The first kappa shape index (κ1) is 17.8. The van der Waals surface area contributed by atoms with E-state index in [-0.39, 0.29) is 18.6 Å². The van der Waals surface area contributed by atoms with Gasteiger partial charge in [0, 0.05) is 6.20 Å². The molecular formula is C19H24N2O3. The second-order valence-electron chi connectivity index (χ2n) is 6.29. The third-order valence-corrected chi connectivity index (χ3v) is 3.65. The van der Waals surface area contributed by atoms with Gasteiger partial charge in [0.25, 0.3) is 5.91 Å². The minimum absolute atomic E-state index is 0.144. The Labute approximate surface area is 142 Å². The van der Waals surface area contributed by atoms with Crippen LogP contribution in [-0.2, 0) is 16.0 Å². The fourth-order valence-corrected chi connectivity index (χ4v) is 2.45. The van der Waals surface area contributed by atoms with Crippen molar-refractivity contribution in [3.05, 3.63) is 59.4 Å². The number of carbonyl (C=O) groups excluding carboxylic acids is 2. The molecule has 1 amide bonds. The first-order valence-corrected chi connectivity index (χ1v) is 8.14. The van der Waals surface area contributed by atoms with Gasteiger partial charge in [0.15, 0.2) is 6.61 Å². The van der Waals surface area contributed by atoms with Crippen LogP contribution in [-0.4, -0.2) is 23.5 Å². The van der Waals surface area contributed by atoms with Crippen LogP contribution in [0.4, 0.5) is 0 Å². The Kier molecular flexibility index (Phi) is 6.18. The minimum atomic E-state index is -0.541. The van der Waals surface area contributed by atoms with Crippen molar-refractivity contribution < 1.29 is 14.3 Å². The fourth-order valence-electron chi connectivity index (χ4n) is 2.45. The second-order valence-corrected chi connectivity index (χ2v) is 6.29. The van der Waals surface area contributed by atoms with Gasteiger partial charge in [-0.15, -0.1) is 0 Å². The molecule has 0 radical (unpaired) electrons. The Bertz CT molecular complexity index is 660. The van der Waals surface area contributed by atoms with Crippen LogP contribution in [0.25, 0.3) is 0 Å². The highest BCUT2D eigenvalue weighted by molar-refractivity contribution is 5.89. The maximum atomic E-state index is 11.9. The van der Waals surface area contributed by atoms with Gasteiger partial charge in [0.2, 0.25) is 0 Å². The van der Waals surface area contributed by atoms with Crippen molar-refractivity contribution >= 4 is 11.9 Å². The molecule has 0 spiro atoms. The third-order valence-electron chi connectivity index (χ3n) is 3.65. The van der Waals surface area contributed by atoms with E-state index in [1.807, 2.05) is 19.1 Å². The normalized spacial score (nSPS) is 12.0.